The van der Waals surface area contributed by atoms with E-state index >= 15 is 0 Å². The van der Waals surface area contributed by atoms with Gasteiger partial charge in [-0.2, -0.15) is 0 Å². The van der Waals surface area contributed by atoms with E-state index in [2.05, 4.69) is 0 Å². The third kappa shape index (κ3) is 4.03. The molecule has 0 aliphatic rings. The van der Waals surface area contributed by atoms with Crippen LogP contribution in [0.4, 0.5) is 4.39 Å². The number of rotatable bonds is 4. The molecule has 3 nitrogen and oxygen atoms in total. The summed E-state index contributed by atoms with van der Waals surface area (Å²) >= 11 is 0. The van der Waals surface area contributed by atoms with Crippen molar-refractivity contribution in [3.8, 4) is 5.75 Å². The number of halogens is 2. The molecular formula is C10H16ClFN2O. The Balaban J connectivity index is 0.00000196. The fraction of sp³-hybridized carbons (Fsp3) is 0.400. The maximum atomic E-state index is 12.8. The molecule has 5 heteroatoms. The van der Waals surface area contributed by atoms with Crippen molar-refractivity contribution < 1.29 is 9.50 Å². The first kappa shape index (κ1) is 14.2. The zero-order valence-electron chi connectivity index (χ0n) is 8.32. The molecule has 0 aromatic heterocycles. The third-order valence-corrected chi connectivity index (χ3v) is 2.11. The summed E-state index contributed by atoms with van der Waals surface area (Å²) in [4.78, 5) is 0. The van der Waals surface area contributed by atoms with Crippen molar-refractivity contribution in [2.24, 2.45) is 11.5 Å². The molecule has 86 valence electrons. The molecule has 0 saturated carbocycles. The summed E-state index contributed by atoms with van der Waals surface area (Å²) in [5.74, 6) is -0.350. The van der Waals surface area contributed by atoms with Gasteiger partial charge in [0, 0.05) is 11.6 Å². The Morgan fingerprint density at radius 1 is 1.40 bits per heavy atom. The summed E-state index contributed by atoms with van der Waals surface area (Å²) in [7, 11) is 0. The largest absolute Gasteiger partial charge is 0.508 e. The Labute approximate surface area is 94.7 Å². The minimum Gasteiger partial charge on any atom is -0.508 e. The quantitative estimate of drug-likeness (QED) is 0.743. The smallest absolute Gasteiger partial charge is 0.123 e. The molecule has 1 aromatic rings. The first-order chi connectivity index (χ1) is 6.65. The average Bonchev–Trinajstić information content (AvgIpc) is 2.18. The molecule has 0 unspecified atom stereocenters. The zero-order valence-corrected chi connectivity index (χ0v) is 9.14. The predicted octanol–water partition coefficient (Wildman–Crippen LogP) is 1.69. The van der Waals surface area contributed by atoms with E-state index in [9.17, 15) is 9.50 Å². The highest BCUT2D eigenvalue weighted by Crippen LogP contribution is 2.25. The second-order valence-electron chi connectivity index (χ2n) is 3.24. The Morgan fingerprint density at radius 2 is 2.07 bits per heavy atom. The summed E-state index contributed by atoms with van der Waals surface area (Å²) in [5, 5.41) is 9.43. The zero-order chi connectivity index (χ0) is 10.6. The van der Waals surface area contributed by atoms with Gasteiger partial charge >= 0.3 is 0 Å². The van der Waals surface area contributed by atoms with E-state index in [-0.39, 0.29) is 30.0 Å². The molecule has 0 aliphatic heterocycles. The second kappa shape index (κ2) is 6.61. The Morgan fingerprint density at radius 3 is 2.67 bits per heavy atom. The van der Waals surface area contributed by atoms with Crippen LogP contribution in [0, 0.1) is 5.82 Å². The lowest BCUT2D eigenvalue weighted by atomic mass is 10.0. The standard InChI is InChI=1S/C10H15FN2O.ClH/c11-7-3-4-10(14)8(6-7)9(13)2-1-5-12;/h3-4,6,9,14H,1-2,5,12-13H2;1H/t9-;/m1./s1. The molecule has 0 saturated heterocycles. The summed E-state index contributed by atoms with van der Waals surface area (Å²) in [5.41, 5.74) is 11.5. The molecular weight excluding hydrogens is 219 g/mol. The Hall–Kier alpha value is -0.840. The minimum absolute atomic E-state index is 0. The number of nitrogens with two attached hydrogens (primary N) is 2. The minimum atomic E-state index is -0.388. The average molecular weight is 235 g/mol. The molecule has 1 rings (SSSR count). The lowest BCUT2D eigenvalue weighted by Crippen LogP contribution is -2.12. The maximum Gasteiger partial charge on any atom is 0.123 e. The topological polar surface area (TPSA) is 72.3 Å². The van der Waals surface area contributed by atoms with Gasteiger partial charge in [0.05, 0.1) is 0 Å². The molecule has 0 heterocycles. The van der Waals surface area contributed by atoms with Crippen molar-refractivity contribution in [3.05, 3.63) is 29.6 Å². The van der Waals surface area contributed by atoms with Gasteiger partial charge in [0.25, 0.3) is 0 Å². The van der Waals surface area contributed by atoms with Gasteiger partial charge in [-0.05, 0) is 37.6 Å². The van der Waals surface area contributed by atoms with Gasteiger partial charge in [-0.3, -0.25) is 0 Å². The fourth-order valence-corrected chi connectivity index (χ4v) is 1.32. The monoisotopic (exact) mass is 234 g/mol. The van der Waals surface area contributed by atoms with Crippen LogP contribution in [-0.2, 0) is 0 Å². The van der Waals surface area contributed by atoms with E-state index in [0.717, 1.165) is 6.42 Å². The van der Waals surface area contributed by atoms with Crippen molar-refractivity contribution >= 4 is 12.4 Å². The second-order valence-corrected chi connectivity index (χ2v) is 3.24. The highest BCUT2D eigenvalue weighted by Gasteiger charge is 2.11. The maximum absolute atomic E-state index is 12.8. The van der Waals surface area contributed by atoms with Gasteiger partial charge < -0.3 is 16.6 Å². The van der Waals surface area contributed by atoms with Crippen molar-refractivity contribution in [1.29, 1.82) is 0 Å². The molecule has 1 atom stereocenters. The van der Waals surface area contributed by atoms with E-state index in [1.807, 2.05) is 0 Å². The van der Waals surface area contributed by atoms with E-state index in [1.54, 1.807) is 0 Å². The number of phenolic OH excluding ortho intramolecular Hbond substituents is 1. The van der Waals surface area contributed by atoms with Crippen LogP contribution in [0.15, 0.2) is 18.2 Å². The van der Waals surface area contributed by atoms with Gasteiger partial charge in [-0.25, -0.2) is 4.39 Å². The lowest BCUT2D eigenvalue weighted by molar-refractivity contribution is 0.454. The van der Waals surface area contributed by atoms with Gasteiger partial charge in [0.15, 0.2) is 0 Å². The highest BCUT2D eigenvalue weighted by atomic mass is 35.5. The molecule has 0 radical (unpaired) electrons. The van der Waals surface area contributed by atoms with Crippen LogP contribution in [0.25, 0.3) is 0 Å². The molecule has 0 aliphatic carbocycles. The molecule has 0 amide bonds. The van der Waals surface area contributed by atoms with Crippen LogP contribution < -0.4 is 11.5 Å². The number of hydrogen-bond acceptors (Lipinski definition) is 3. The first-order valence-electron chi connectivity index (χ1n) is 4.59. The van der Waals surface area contributed by atoms with E-state index in [0.29, 0.717) is 18.5 Å². The molecule has 0 bridgehead atoms. The summed E-state index contributed by atoms with van der Waals surface area (Å²) in [6.07, 6.45) is 1.41. The van der Waals surface area contributed by atoms with Gasteiger partial charge in [0.2, 0.25) is 0 Å². The summed E-state index contributed by atoms with van der Waals surface area (Å²) in [6, 6.07) is 3.42. The molecule has 5 N–H and O–H groups in total. The molecule has 15 heavy (non-hydrogen) atoms. The van der Waals surface area contributed by atoms with Crippen molar-refractivity contribution in [2.45, 2.75) is 18.9 Å². The van der Waals surface area contributed by atoms with Crippen LogP contribution in [0.3, 0.4) is 0 Å². The van der Waals surface area contributed by atoms with Gasteiger partial charge in [0.1, 0.15) is 11.6 Å². The normalized spacial score (nSPS) is 11.9. The SMILES string of the molecule is Cl.NCCC[C@@H](N)c1cc(F)ccc1O. The number of benzene rings is 1. The molecule has 0 spiro atoms. The van der Waals surface area contributed by atoms with E-state index in [1.165, 1.54) is 18.2 Å². The van der Waals surface area contributed by atoms with E-state index in [4.69, 9.17) is 11.5 Å². The van der Waals surface area contributed by atoms with Gasteiger partial charge in [-0.1, -0.05) is 0 Å². The first-order valence-corrected chi connectivity index (χ1v) is 4.59. The third-order valence-electron chi connectivity index (χ3n) is 2.11. The number of phenols is 1. The van der Waals surface area contributed by atoms with Crippen LogP contribution in [-0.4, -0.2) is 11.7 Å². The predicted molar refractivity (Wildman–Crippen MR) is 60.5 cm³/mol. The molecule has 1 aromatic carbocycles. The Kier molecular flexibility index (Phi) is 6.24. The number of hydrogen-bond donors (Lipinski definition) is 3. The van der Waals surface area contributed by atoms with Crippen LogP contribution in [0.2, 0.25) is 0 Å². The molecule has 0 fully saturated rings. The van der Waals surface area contributed by atoms with Crippen LogP contribution >= 0.6 is 12.4 Å². The van der Waals surface area contributed by atoms with Gasteiger partial charge in [-0.15, -0.1) is 12.4 Å². The number of aromatic hydroxyl groups is 1. The fourth-order valence-electron chi connectivity index (χ4n) is 1.32. The van der Waals surface area contributed by atoms with Crippen molar-refractivity contribution in [3.63, 3.8) is 0 Å². The Bertz CT molecular complexity index is 309. The van der Waals surface area contributed by atoms with Crippen LogP contribution in [0.1, 0.15) is 24.4 Å². The van der Waals surface area contributed by atoms with Crippen LogP contribution in [0.5, 0.6) is 5.75 Å². The summed E-state index contributed by atoms with van der Waals surface area (Å²) in [6.45, 7) is 0.545. The van der Waals surface area contributed by atoms with E-state index < -0.39 is 0 Å². The summed E-state index contributed by atoms with van der Waals surface area (Å²) < 4.78 is 12.8. The van der Waals surface area contributed by atoms with Crippen molar-refractivity contribution in [2.75, 3.05) is 6.54 Å². The lowest BCUT2D eigenvalue weighted by Gasteiger charge is -2.12. The highest BCUT2D eigenvalue weighted by molar-refractivity contribution is 5.85. The van der Waals surface area contributed by atoms with Crippen molar-refractivity contribution in [1.82, 2.24) is 0 Å².